The van der Waals surface area contributed by atoms with Crippen molar-refractivity contribution in [2.24, 2.45) is 0 Å². The van der Waals surface area contributed by atoms with Gasteiger partial charge in [-0.1, -0.05) is 193 Å². The summed E-state index contributed by atoms with van der Waals surface area (Å²) in [6, 6.07) is -6.90. The first-order chi connectivity index (χ1) is 61.5. The van der Waals surface area contributed by atoms with E-state index in [0.29, 0.717) is 12.8 Å². The maximum absolute atomic E-state index is 13.8. The average molecular weight is 1870 g/mol. The topological polar surface area (TPSA) is 686 Å². The molecular weight excluding hydrogens is 1710 g/mol. The number of hydrogen-bond donors (Lipinski definition) is 25. The Balaban J connectivity index is 1.20. The van der Waals surface area contributed by atoms with Crippen LogP contribution in [-0.2, 0) is 85.6 Å². The highest BCUT2D eigenvalue weighted by Gasteiger charge is 2.63. The van der Waals surface area contributed by atoms with Crippen LogP contribution in [0.1, 0.15) is 240 Å². The Morgan fingerprint density at radius 2 is 0.822 bits per heavy atom. The van der Waals surface area contributed by atoms with Gasteiger partial charge in [-0.05, 0) is 19.3 Å². The van der Waals surface area contributed by atoms with Crippen LogP contribution in [0.2, 0.25) is 0 Å². The normalized spacial score (nSPS) is 34.8. The lowest BCUT2D eigenvalue weighted by Gasteiger charge is -2.51. The smallest absolute Gasteiger partial charge is 0.364 e. The molecular formula is C86H152N4O39. The van der Waals surface area contributed by atoms with Gasteiger partial charge in [0.2, 0.25) is 23.6 Å². The number of carbonyl (C=O) groups excluding carboxylic acids is 4. The molecule has 6 saturated heterocycles. The van der Waals surface area contributed by atoms with E-state index in [4.69, 9.17) is 56.8 Å². The highest BCUT2D eigenvalue weighted by Crippen LogP contribution is 2.41. The lowest BCUT2D eigenvalue weighted by Crippen LogP contribution is -2.71. The summed E-state index contributed by atoms with van der Waals surface area (Å²) in [5.41, 5.74) is 0. The van der Waals surface area contributed by atoms with E-state index in [1.165, 1.54) is 116 Å². The minimum atomic E-state index is -3.39. The Hall–Kier alpha value is -4.68. The molecule has 6 aliphatic heterocycles. The number of unbranched alkanes of at least 4 members (excludes halogenated alkanes) is 27. The van der Waals surface area contributed by atoms with Crippen molar-refractivity contribution in [2.75, 3.05) is 46.2 Å². The van der Waals surface area contributed by atoms with E-state index < -0.39 is 296 Å². The molecule has 12 unspecified atom stereocenters. The molecule has 43 nitrogen and oxygen atoms in total. The van der Waals surface area contributed by atoms with Crippen molar-refractivity contribution >= 4 is 35.6 Å². The Kier molecular flexibility index (Phi) is 50.9. The van der Waals surface area contributed by atoms with Crippen LogP contribution in [0.5, 0.6) is 0 Å². The second-order valence-electron chi connectivity index (χ2n) is 35.0. The first-order valence-corrected chi connectivity index (χ1v) is 46.2. The Morgan fingerprint density at radius 3 is 1.28 bits per heavy atom. The van der Waals surface area contributed by atoms with E-state index in [2.05, 4.69) is 35.1 Å². The molecule has 750 valence electrons. The van der Waals surface area contributed by atoms with Gasteiger partial charge in [-0.15, -0.1) is 0 Å². The summed E-state index contributed by atoms with van der Waals surface area (Å²) in [6.45, 7) is -0.677. The van der Waals surface area contributed by atoms with E-state index in [0.717, 1.165) is 78.6 Å². The molecule has 0 aliphatic carbocycles. The summed E-state index contributed by atoms with van der Waals surface area (Å²) < 4.78 is 71.1. The second kappa shape index (κ2) is 58.0. The summed E-state index contributed by atoms with van der Waals surface area (Å²) >= 11 is 0. The molecule has 6 rings (SSSR count). The lowest BCUT2D eigenvalue weighted by molar-refractivity contribution is -0.383. The second-order valence-corrected chi connectivity index (χ2v) is 35.0. The predicted molar refractivity (Wildman–Crippen MR) is 449 cm³/mol. The summed E-state index contributed by atoms with van der Waals surface area (Å²) in [6.07, 6.45) is -26.1. The third-order valence-electron chi connectivity index (χ3n) is 24.6. The number of carboxylic acid groups (broad SMARTS) is 2. The van der Waals surface area contributed by atoms with E-state index >= 15 is 0 Å². The third kappa shape index (κ3) is 33.9. The highest BCUT2D eigenvalue weighted by molar-refractivity contribution is 5.78. The number of nitrogens with one attached hydrogen (secondary N) is 4. The monoisotopic (exact) mass is 1870 g/mol. The van der Waals surface area contributed by atoms with Crippen LogP contribution in [0.15, 0.2) is 12.2 Å². The quantitative estimate of drug-likeness (QED) is 0.0212. The molecule has 0 saturated carbocycles. The molecule has 0 aromatic heterocycles. The van der Waals surface area contributed by atoms with Crippen LogP contribution in [0.4, 0.5) is 0 Å². The maximum Gasteiger partial charge on any atom is 0.364 e. The standard InChI is InChI=1S/C86H152N4O39/c1-6-8-10-12-14-16-18-20-21-22-23-25-27-29-31-33-35-37-60(103)90-50(51(99)36-34-32-30-28-26-24-19-17-15-13-11-9-7-2)45-118-80-72(112)69(109)75(57(43-94)121-80)125-82-73(113)70(110)74(58(44-95)122-82)124-79-63(89-49(5)98)76(126-81-71(111)68(108)65(105)55(41-92)120-81)67(107)59(123-79)46-119-85(83(114)115)38-52(100)62(88-48(4)97)78(128-85)66(106)56(42-93)127-86(84(116)117)39-53(101)61(87-47(3)96)77(129-86)64(104)54(102)40-91/h34,36,50-59,61-82,91-95,99-102,104-113H,6-33,35,37-46H2,1-5H3,(H,87,96)(H,88,97)(H,89,98)(H,90,103)(H,114,115)(H,116,117)/b36-34+/t50-,51+,52?,53?,54+,55?,56+,57?,58?,59?,61+,62+,63?,64+,65-,66+,67-,68-,69+,70+,71?,72?,73?,74-,75+,76+,77?,78?,79-,80+,81-,82-,85+,86+/m0/s1. The van der Waals surface area contributed by atoms with Gasteiger partial charge in [-0.2, -0.15) is 0 Å². The minimum Gasteiger partial charge on any atom is -0.477 e. The van der Waals surface area contributed by atoms with Gasteiger partial charge in [0, 0.05) is 40.0 Å². The number of carbonyl (C=O) groups is 6. The molecule has 6 aliphatic rings. The summed E-state index contributed by atoms with van der Waals surface area (Å²) in [4.78, 5) is 79.1. The average Bonchev–Trinajstić information content (AvgIpc) is 0.770. The number of carboxylic acids is 2. The van der Waals surface area contributed by atoms with Gasteiger partial charge in [0.1, 0.15) is 134 Å². The van der Waals surface area contributed by atoms with Crippen molar-refractivity contribution < 1.29 is 193 Å². The van der Waals surface area contributed by atoms with Gasteiger partial charge in [0.15, 0.2) is 25.2 Å². The zero-order valence-electron chi connectivity index (χ0n) is 74.9. The zero-order valence-corrected chi connectivity index (χ0v) is 74.9. The molecule has 0 aromatic rings. The first-order valence-electron chi connectivity index (χ1n) is 46.2. The number of rotatable bonds is 61. The van der Waals surface area contributed by atoms with E-state index in [9.17, 15) is 136 Å². The molecule has 6 heterocycles. The Morgan fingerprint density at radius 1 is 0.426 bits per heavy atom. The predicted octanol–water partition coefficient (Wildman–Crippen LogP) is -3.09. The van der Waals surface area contributed by atoms with Gasteiger partial charge in [-0.25, -0.2) is 9.59 Å². The van der Waals surface area contributed by atoms with Crippen molar-refractivity contribution in [3.8, 4) is 0 Å². The largest absolute Gasteiger partial charge is 0.477 e. The van der Waals surface area contributed by atoms with Crippen molar-refractivity contribution in [1.82, 2.24) is 21.3 Å². The maximum atomic E-state index is 13.8. The molecule has 34 atom stereocenters. The van der Waals surface area contributed by atoms with Crippen molar-refractivity contribution in [2.45, 2.75) is 447 Å². The third-order valence-corrected chi connectivity index (χ3v) is 24.6. The van der Waals surface area contributed by atoms with E-state index in [1.807, 2.05) is 6.08 Å². The number of allylic oxidation sites excluding steroid dienone is 1. The van der Waals surface area contributed by atoms with Gasteiger partial charge in [0.25, 0.3) is 11.6 Å². The number of ether oxygens (including phenoxy) is 12. The molecule has 0 aromatic carbocycles. The Bertz CT molecular complexity index is 3230. The zero-order chi connectivity index (χ0) is 95.2. The molecule has 43 heteroatoms. The van der Waals surface area contributed by atoms with Crippen LogP contribution in [-0.4, -0.2) is 396 Å². The highest BCUT2D eigenvalue weighted by atomic mass is 16.8. The molecule has 25 N–H and O–H groups in total. The minimum absolute atomic E-state index is 0.136. The van der Waals surface area contributed by atoms with E-state index in [-0.39, 0.29) is 12.3 Å². The number of aliphatic hydroxyl groups excluding tert-OH is 19. The number of aliphatic hydroxyl groups is 19. The molecule has 129 heavy (non-hydrogen) atoms. The van der Waals surface area contributed by atoms with E-state index in [1.54, 1.807) is 6.08 Å². The molecule has 0 bridgehead atoms. The fourth-order valence-corrected chi connectivity index (χ4v) is 17.2. The van der Waals surface area contributed by atoms with Crippen LogP contribution in [0, 0.1) is 0 Å². The Labute approximate surface area is 752 Å². The lowest BCUT2D eigenvalue weighted by atomic mass is 9.87. The van der Waals surface area contributed by atoms with Crippen molar-refractivity contribution in [1.29, 1.82) is 0 Å². The van der Waals surface area contributed by atoms with Crippen LogP contribution < -0.4 is 21.3 Å². The number of amides is 4. The van der Waals surface area contributed by atoms with Crippen LogP contribution >= 0.6 is 0 Å². The van der Waals surface area contributed by atoms with Gasteiger partial charge >= 0.3 is 11.9 Å². The SMILES string of the molecule is CCCCCCCCCCCCC/C=C/[C@@H](O)[C@H](CO[C@@H]1OC(CO)[C@@H](O[C@@H]2OC(CO)[C@H](O[C@@H]3OC(CO[C@]4(C(=O)O)CC(O)[C@@H](NC(C)=O)C([C@H](O)[C@@H](CO)O[C@]5(C(=O)O)CC(O)[C@@H](NC(C)=O)C([C@H](O)[C@H](O)CO)O5)O4)[C@H](O)[C@H](O[C@@H]4OC(CO)[C@H](O)[C@H](O)C4O)C3NC(C)=O)[C@H](O)C2O)[C@H](O)C1O)NC(=O)CCCCCCCCCCCCCCCCCCC. The molecule has 6 fully saturated rings. The fraction of sp³-hybridized carbons (Fsp3) is 0.907. The summed E-state index contributed by atoms with van der Waals surface area (Å²) in [5, 5.41) is 246. The fourth-order valence-electron chi connectivity index (χ4n) is 17.2. The van der Waals surface area contributed by atoms with Gasteiger partial charge < -0.3 is 185 Å². The summed E-state index contributed by atoms with van der Waals surface area (Å²) in [5.74, 6) is -14.4. The molecule has 4 amide bonds. The number of hydrogen-bond acceptors (Lipinski definition) is 37. The van der Waals surface area contributed by atoms with Crippen molar-refractivity contribution in [3.05, 3.63) is 12.2 Å². The first kappa shape index (κ1) is 113. The summed E-state index contributed by atoms with van der Waals surface area (Å²) in [7, 11) is 0. The number of aliphatic carboxylic acids is 2. The van der Waals surface area contributed by atoms with Gasteiger partial charge in [-0.3, -0.25) is 19.2 Å². The van der Waals surface area contributed by atoms with Crippen LogP contribution in [0.25, 0.3) is 0 Å². The van der Waals surface area contributed by atoms with Crippen molar-refractivity contribution in [3.63, 3.8) is 0 Å². The molecule has 0 radical (unpaired) electrons. The van der Waals surface area contributed by atoms with Gasteiger partial charge in [0.05, 0.1) is 82.7 Å². The van der Waals surface area contributed by atoms with Crippen LogP contribution in [0.3, 0.4) is 0 Å². The molecule has 0 spiro atoms.